The van der Waals surface area contributed by atoms with Crippen molar-refractivity contribution in [3.05, 3.63) is 34.4 Å². The van der Waals surface area contributed by atoms with Crippen molar-refractivity contribution >= 4 is 0 Å². The summed E-state index contributed by atoms with van der Waals surface area (Å²) in [4.78, 5) is 0. The van der Waals surface area contributed by atoms with E-state index in [1.54, 1.807) is 0 Å². The topological polar surface area (TPSA) is 30.5 Å². The molecule has 20 heavy (non-hydrogen) atoms. The molecule has 1 aliphatic heterocycles. The van der Waals surface area contributed by atoms with E-state index < -0.39 is 5.79 Å². The summed E-state index contributed by atoms with van der Waals surface area (Å²) in [5, 5.41) is 3.57. The van der Waals surface area contributed by atoms with Crippen molar-refractivity contribution < 1.29 is 9.47 Å². The Labute approximate surface area is 122 Å². The largest absolute Gasteiger partial charge is 0.348 e. The summed E-state index contributed by atoms with van der Waals surface area (Å²) >= 11 is 0. The molecule has 0 spiro atoms. The summed E-state index contributed by atoms with van der Waals surface area (Å²) in [5.74, 6) is -0.439. The third kappa shape index (κ3) is 3.60. The average molecular weight is 277 g/mol. The molecule has 0 bridgehead atoms. The second-order valence-corrected chi connectivity index (χ2v) is 6.39. The molecule has 1 N–H and O–H groups in total. The van der Waals surface area contributed by atoms with E-state index in [2.05, 4.69) is 45.1 Å². The lowest BCUT2D eigenvalue weighted by atomic mass is 9.95. The molecule has 112 valence electrons. The molecule has 0 amide bonds. The molecule has 2 atom stereocenters. The summed E-state index contributed by atoms with van der Waals surface area (Å²) < 4.78 is 11.4. The molecule has 1 aromatic rings. The molecule has 0 saturated carbocycles. The van der Waals surface area contributed by atoms with Crippen molar-refractivity contribution in [1.82, 2.24) is 5.32 Å². The van der Waals surface area contributed by atoms with Crippen LogP contribution in [0.1, 0.15) is 49.1 Å². The zero-order valence-corrected chi connectivity index (χ0v) is 13.5. The van der Waals surface area contributed by atoms with Crippen LogP contribution in [0.15, 0.2) is 12.1 Å². The number of hydrogen-bond donors (Lipinski definition) is 1. The SMILES string of the molecule is Cc1cc(C)c(C(C)NCC2COC(C)(C)O2)c(C)c1. The molecule has 1 aliphatic rings. The first kappa shape index (κ1) is 15.5. The molecule has 0 radical (unpaired) electrons. The number of hydrogen-bond acceptors (Lipinski definition) is 3. The van der Waals surface area contributed by atoms with Gasteiger partial charge in [-0.3, -0.25) is 0 Å². The molecule has 3 heteroatoms. The van der Waals surface area contributed by atoms with E-state index in [4.69, 9.17) is 9.47 Å². The predicted molar refractivity (Wildman–Crippen MR) is 82.0 cm³/mol. The molecule has 1 saturated heterocycles. The lowest BCUT2D eigenvalue weighted by Crippen LogP contribution is -2.32. The van der Waals surface area contributed by atoms with Crippen molar-refractivity contribution in [3.63, 3.8) is 0 Å². The Morgan fingerprint density at radius 3 is 2.35 bits per heavy atom. The smallest absolute Gasteiger partial charge is 0.163 e. The van der Waals surface area contributed by atoms with Gasteiger partial charge in [-0.15, -0.1) is 0 Å². The number of aryl methyl sites for hydroxylation is 3. The summed E-state index contributed by atoms with van der Waals surface area (Å²) in [7, 11) is 0. The standard InChI is InChI=1S/C17H27NO2/c1-11-7-12(2)16(13(3)8-11)14(4)18-9-15-10-19-17(5,6)20-15/h7-8,14-15,18H,9-10H2,1-6H3. The van der Waals surface area contributed by atoms with Crippen LogP contribution in [0.5, 0.6) is 0 Å². The maximum absolute atomic E-state index is 5.83. The van der Waals surface area contributed by atoms with E-state index in [0.717, 1.165) is 6.54 Å². The van der Waals surface area contributed by atoms with Gasteiger partial charge in [0.15, 0.2) is 5.79 Å². The van der Waals surface area contributed by atoms with E-state index in [-0.39, 0.29) is 6.10 Å². The van der Waals surface area contributed by atoms with Gasteiger partial charge in [0.1, 0.15) is 0 Å². The summed E-state index contributed by atoms with van der Waals surface area (Å²) in [6.45, 7) is 14.1. The number of ether oxygens (including phenoxy) is 2. The van der Waals surface area contributed by atoms with Gasteiger partial charge in [0.2, 0.25) is 0 Å². The third-order valence-corrected chi connectivity index (χ3v) is 3.89. The minimum absolute atomic E-state index is 0.138. The number of benzene rings is 1. The number of rotatable bonds is 4. The van der Waals surface area contributed by atoms with Gasteiger partial charge in [-0.05, 0) is 58.2 Å². The lowest BCUT2D eigenvalue weighted by molar-refractivity contribution is -0.137. The van der Waals surface area contributed by atoms with E-state index in [9.17, 15) is 0 Å². The normalized spacial score (nSPS) is 23.0. The van der Waals surface area contributed by atoms with Gasteiger partial charge >= 0.3 is 0 Å². The molecule has 2 rings (SSSR count). The first-order valence-corrected chi connectivity index (χ1v) is 7.41. The minimum atomic E-state index is -0.439. The quantitative estimate of drug-likeness (QED) is 0.915. The Hall–Kier alpha value is -0.900. The van der Waals surface area contributed by atoms with Crippen molar-refractivity contribution in [2.24, 2.45) is 0 Å². The molecule has 3 nitrogen and oxygen atoms in total. The van der Waals surface area contributed by atoms with Crippen LogP contribution in [0, 0.1) is 20.8 Å². The van der Waals surface area contributed by atoms with Gasteiger partial charge in [-0.2, -0.15) is 0 Å². The Kier molecular flexibility index (Phi) is 4.52. The van der Waals surface area contributed by atoms with E-state index in [0.29, 0.717) is 12.6 Å². The fourth-order valence-corrected chi connectivity index (χ4v) is 3.15. The highest BCUT2D eigenvalue weighted by Gasteiger charge is 2.32. The van der Waals surface area contributed by atoms with Crippen LogP contribution in [0.3, 0.4) is 0 Å². The van der Waals surface area contributed by atoms with Gasteiger partial charge in [-0.1, -0.05) is 17.7 Å². The first-order chi connectivity index (χ1) is 9.28. The molecule has 0 aromatic heterocycles. The van der Waals surface area contributed by atoms with E-state index in [1.807, 2.05) is 13.8 Å². The second kappa shape index (κ2) is 5.84. The summed E-state index contributed by atoms with van der Waals surface area (Å²) in [5.41, 5.74) is 5.43. The fourth-order valence-electron chi connectivity index (χ4n) is 3.15. The van der Waals surface area contributed by atoms with Gasteiger partial charge in [-0.25, -0.2) is 0 Å². The minimum Gasteiger partial charge on any atom is -0.348 e. The summed E-state index contributed by atoms with van der Waals surface area (Å²) in [6, 6.07) is 4.82. The average Bonchev–Trinajstić information content (AvgIpc) is 2.65. The molecule has 1 heterocycles. The van der Waals surface area contributed by atoms with Crippen LogP contribution in [0.2, 0.25) is 0 Å². The first-order valence-electron chi connectivity index (χ1n) is 7.41. The van der Waals surface area contributed by atoms with E-state index in [1.165, 1.54) is 22.3 Å². The monoisotopic (exact) mass is 277 g/mol. The van der Waals surface area contributed by atoms with Crippen LogP contribution in [0.25, 0.3) is 0 Å². The van der Waals surface area contributed by atoms with Crippen LogP contribution in [0.4, 0.5) is 0 Å². The Morgan fingerprint density at radius 1 is 1.25 bits per heavy atom. The van der Waals surface area contributed by atoms with Crippen molar-refractivity contribution in [3.8, 4) is 0 Å². The lowest BCUT2D eigenvalue weighted by Gasteiger charge is -2.22. The second-order valence-electron chi connectivity index (χ2n) is 6.39. The van der Waals surface area contributed by atoms with Gasteiger partial charge < -0.3 is 14.8 Å². The zero-order valence-electron chi connectivity index (χ0n) is 13.5. The molecule has 1 fully saturated rings. The number of nitrogens with one attached hydrogen (secondary N) is 1. The maximum Gasteiger partial charge on any atom is 0.163 e. The predicted octanol–water partition coefficient (Wildman–Crippen LogP) is 3.41. The fraction of sp³-hybridized carbons (Fsp3) is 0.647. The van der Waals surface area contributed by atoms with Gasteiger partial charge in [0.05, 0.1) is 12.7 Å². The van der Waals surface area contributed by atoms with E-state index >= 15 is 0 Å². The summed E-state index contributed by atoms with van der Waals surface area (Å²) in [6.07, 6.45) is 0.138. The molecule has 1 aromatic carbocycles. The van der Waals surface area contributed by atoms with Crippen LogP contribution >= 0.6 is 0 Å². The van der Waals surface area contributed by atoms with Crippen molar-refractivity contribution in [2.75, 3.05) is 13.2 Å². The maximum atomic E-state index is 5.83. The highest BCUT2D eigenvalue weighted by Crippen LogP contribution is 2.25. The van der Waals surface area contributed by atoms with Crippen LogP contribution in [-0.4, -0.2) is 25.0 Å². The third-order valence-electron chi connectivity index (χ3n) is 3.89. The molecular weight excluding hydrogens is 250 g/mol. The Morgan fingerprint density at radius 2 is 1.85 bits per heavy atom. The van der Waals surface area contributed by atoms with Gasteiger partial charge in [0, 0.05) is 12.6 Å². The molecule has 2 unspecified atom stereocenters. The van der Waals surface area contributed by atoms with Crippen LogP contribution < -0.4 is 5.32 Å². The Bertz CT molecular complexity index is 459. The zero-order chi connectivity index (χ0) is 14.9. The molecular formula is C17H27NO2. The van der Waals surface area contributed by atoms with Gasteiger partial charge in [0.25, 0.3) is 0 Å². The van der Waals surface area contributed by atoms with Crippen LogP contribution in [-0.2, 0) is 9.47 Å². The Balaban J connectivity index is 1.97. The highest BCUT2D eigenvalue weighted by atomic mass is 16.7. The highest BCUT2D eigenvalue weighted by molar-refractivity contribution is 5.39. The van der Waals surface area contributed by atoms with Crippen molar-refractivity contribution in [1.29, 1.82) is 0 Å². The van der Waals surface area contributed by atoms with Crippen molar-refractivity contribution in [2.45, 2.75) is 59.5 Å². The molecule has 0 aliphatic carbocycles.